The SMILES string of the molecule is CCCCCCCC1=[N+](c2ccc(F)c(F)c2)C(C)Cc2cc(OC)c(OC)cc21. The van der Waals surface area contributed by atoms with Gasteiger partial charge in [0.1, 0.15) is 0 Å². The van der Waals surface area contributed by atoms with Crippen molar-refractivity contribution in [3.63, 3.8) is 0 Å². The summed E-state index contributed by atoms with van der Waals surface area (Å²) in [6.45, 7) is 4.33. The van der Waals surface area contributed by atoms with Crippen molar-refractivity contribution in [1.29, 1.82) is 0 Å². The van der Waals surface area contributed by atoms with Crippen LogP contribution in [0.1, 0.15) is 63.5 Å². The van der Waals surface area contributed by atoms with Gasteiger partial charge in [-0.3, -0.25) is 0 Å². The lowest BCUT2D eigenvalue weighted by Crippen LogP contribution is -2.34. The molecule has 0 spiro atoms. The second-order valence-corrected chi connectivity index (χ2v) is 8.00. The second kappa shape index (κ2) is 10.1. The van der Waals surface area contributed by atoms with E-state index >= 15 is 0 Å². The number of nitrogens with zero attached hydrogens (tertiary/aromatic N) is 1. The molecule has 0 N–H and O–H groups in total. The number of hydrogen-bond donors (Lipinski definition) is 0. The normalized spacial score (nSPS) is 15.9. The molecule has 0 aromatic heterocycles. The minimum atomic E-state index is -0.823. The summed E-state index contributed by atoms with van der Waals surface area (Å²) < 4.78 is 40.8. The van der Waals surface area contributed by atoms with E-state index in [2.05, 4.69) is 18.4 Å². The molecule has 162 valence electrons. The van der Waals surface area contributed by atoms with E-state index in [1.807, 2.05) is 12.1 Å². The minimum Gasteiger partial charge on any atom is -0.493 e. The van der Waals surface area contributed by atoms with Gasteiger partial charge in [-0.05, 0) is 37.1 Å². The lowest BCUT2D eigenvalue weighted by Gasteiger charge is -2.24. The van der Waals surface area contributed by atoms with Crippen LogP contribution in [0.3, 0.4) is 0 Å². The third kappa shape index (κ3) is 4.66. The van der Waals surface area contributed by atoms with Gasteiger partial charge in [0.05, 0.1) is 14.2 Å². The fourth-order valence-corrected chi connectivity index (χ4v) is 4.36. The zero-order valence-corrected chi connectivity index (χ0v) is 18.4. The van der Waals surface area contributed by atoms with Crippen LogP contribution in [0.25, 0.3) is 0 Å². The van der Waals surface area contributed by atoms with Crippen LogP contribution in [0.4, 0.5) is 14.5 Å². The summed E-state index contributed by atoms with van der Waals surface area (Å²) in [6.07, 6.45) is 7.51. The number of methoxy groups -OCH3 is 2. The zero-order valence-electron chi connectivity index (χ0n) is 18.4. The van der Waals surface area contributed by atoms with Crippen molar-refractivity contribution < 1.29 is 22.8 Å². The van der Waals surface area contributed by atoms with Gasteiger partial charge in [0.15, 0.2) is 34.9 Å². The van der Waals surface area contributed by atoms with Crippen molar-refractivity contribution in [2.24, 2.45) is 0 Å². The first-order valence-corrected chi connectivity index (χ1v) is 10.9. The molecule has 1 heterocycles. The van der Waals surface area contributed by atoms with Crippen molar-refractivity contribution in [1.82, 2.24) is 0 Å². The average molecular weight is 417 g/mol. The predicted octanol–water partition coefficient (Wildman–Crippen LogP) is 6.42. The van der Waals surface area contributed by atoms with Crippen LogP contribution in [0.5, 0.6) is 11.5 Å². The highest BCUT2D eigenvalue weighted by molar-refractivity contribution is 6.00. The van der Waals surface area contributed by atoms with Crippen LogP contribution in [-0.4, -0.2) is 30.5 Å². The number of fused-ring (bicyclic) bond motifs is 1. The number of rotatable bonds is 9. The highest BCUT2D eigenvalue weighted by Gasteiger charge is 2.34. The Labute approximate surface area is 178 Å². The van der Waals surface area contributed by atoms with E-state index in [0.29, 0.717) is 17.2 Å². The molecule has 5 heteroatoms. The number of ether oxygens (including phenoxy) is 2. The Balaban J connectivity index is 2.09. The lowest BCUT2D eigenvalue weighted by molar-refractivity contribution is -0.483. The van der Waals surface area contributed by atoms with Crippen LogP contribution in [-0.2, 0) is 6.42 Å². The van der Waals surface area contributed by atoms with Crippen molar-refractivity contribution in [3.05, 3.63) is 53.1 Å². The number of hydrogen-bond acceptors (Lipinski definition) is 2. The maximum atomic E-state index is 14.0. The molecule has 2 aromatic rings. The lowest BCUT2D eigenvalue weighted by atomic mass is 9.89. The van der Waals surface area contributed by atoms with E-state index < -0.39 is 11.6 Å². The van der Waals surface area contributed by atoms with E-state index in [0.717, 1.165) is 37.0 Å². The third-order valence-electron chi connectivity index (χ3n) is 5.87. The largest absolute Gasteiger partial charge is 0.493 e. The Morgan fingerprint density at radius 3 is 2.30 bits per heavy atom. The van der Waals surface area contributed by atoms with Gasteiger partial charge in [0.25, 0.3) is 0 Å². The molecule has 3 nitrogen and oxygen atoms in total. The molecule has 1 aliphatic heterocycles. The summed E-state index contributed by atoms with van der Waals surface area (Å²) in [5.74, 6) is -0.247. The summed E-state index contributed by atoms with van der Waals surface area (Å²) in [4.78, 5) is 0. The molecular weight excluding hydrogens is 384 g/mol. The Hall–Kier alpha value is -2.43. The fraction of sp³-hybridized carbons (Fsp3) is 0.480. The van der Waals surface area contributed by atoms with Crippen LogP contribution >= 0.6 is 0 Å². The van der Waals surface area contributed by atoms with Gasteiger partial charge in [-0.25, -0.2) is 8.78 Å². The Bertz CT molecular complexity index is 924. The van der Waals surface area contributed by atoms with E-state index in [1.165, 1.54) is 37.0 Å². The number of halogens is 2. The average Bonchev–Trinajstić information content (AvgIpc) is 2.74. The molecular formula is C25H32F2NO2+. The molecule has 0 radical (unpaired) electrons. The topological polar surface area (TPSA) is 21.5 Å². The van der Waals surface area contributed by atoms with Crippen molar-refractivity contribution in [2.75, 3.05) is 14.2 Å². The number of unbranched alkanes of at least 4 members (excludes halogenated alkanes) is 4. The van der Waals surface area contributed by atoms with Crippen LogP contribution in [0.15, 0.2) is 30.3 Å². The Morgan fingerprint density at radius 2 is 1.63 bits per heavy atom. The first kappa shape index (κ1) is 22.3. The first-order chi connectivity index (χ1) is 14.5. The maximum absolute atomic E-state index is 14.0. The molecule has 0 saturated carbocycles. The van der Waals surface area contributed by atoms with E-state index in [1.54, 1.807) is 20.3 Å². The van der Waals surface area contributed by atoms with Crippen molar-refractivity contribution in [3.8, 4) is 11.5 Å². The standard InChI is InChI=1S/C25H32F2NO2/c1-5-6-7-8-9-10-23-20-16-25(30-4)24(29-3)14-18(20)13-17(2)28(23)19-11-12-21(26)22(27)15-19/h11-12,14-17H,5-10,13H2,1-4H3/q+1. The smallest absolute Gasteiger partial charge is 0.208 e. The molecule has 1 atom stereocenters. The van der Waals surface area contributed by atoms with Crippen LogP contribution in [0.2, 0.25) is 0 Å². The van der Waals surface area contributed by atoms with E-state index in [9.17, 15) is 8.78 Å². The highest BCUT2D eigenvalue weighted by atomic mass is 19.2. The summed E-state index contributed by atoms with van der Waals surface area (Å²) >= 11 is 0. The zero-order chi connectivity index (χ0) is 21.7. The van der Waals surface area contributed by atoms with Crippen molar-refractivity contribution in [2.45, 2.75) is 64.8 Å². The Morgan fingerprint density at radius 1 is 0.933 bits per heavy atom. The Kier molecular flexibility index (Phi) is 7.46. The van der Waals surface area contributed by atoms with Crippen LogP contribution < -0.4 is 9.47 Å². The van der Waals surface area contributed by atoms with Gasteiger partial charge >= 0.3 is 0 Å². The van der Waals surface area contributed by atoms with Gasteiger partial charge in [0, 0.05) is 30.5 Å². The summed E-state index contributed by atoms with van der Waals surface area (Å²) in [5.41, 5.74) is 4.12. The molecule has 30 heavy (non-hydrogen) atoms. The van der Waals surface area contributed by atoms with Crippen molar-refractivity contribution >= 4 is 11.4 Å². The molecule has 1 aliphatic rings. The van der Waals surface area contributed by atoms with E-state index in [-0.39, 0.29) is 6.04 Å². The maximum Gasteiger partial charge on any atom is 0.208 e. The number of benzene rings is 2. The van der Waals surface area contributed by atoms with Gasteiger partial charge in [0.2, 0.25) is 5.69 Å². The molecule has 1 unspecified atom stereocenters. The second-order valence-electron chi connectivity index (χ2n) is 8.00. The van der Waals surface area contributed by atoms with Gasteiger partial charge in [-0.1, -0.05) is 32.6 Å². The molecule has 0 fully saturated rings. The van der Waals surface area contributed by atoms with E-state index in [4.69, 9.17) is 9.47 Å². The highest BCUT2D eigenvalue weighted by Crippen LogP contribution is 2.36. The third-order valence-corrected chi connectivity index (χ3v) is 5.87. The molecule has 0 saturated heterocycles. The summed E-state index contributed by atoms with van der Waals surface area (Å²) in [6, 6.07) is 8.36. The minimum absolute atomic E-state index is 0.117. The molecule has 3 rings (SSSR count). The molecule has 0 aliphatic carbocycles. The predicted molar refractivity (Wildman–Crippen MR) is 116 cm³/mol. The quantitative estimate of drug-likeness (QED) is 0.347. The molecule has 0 amide bonds. The van der Waals surface area contributed by atoms with Crippen LogP contribution in [0, 0.1) is 11.6 Å². The molecule has 2 aromatic carbocycles. The van der Waals surface area contributed by atoms with Gasteiger partial charge in [-0.2, -0.15) is 4.58 Å². The summed E-state index contributed by atoms with van der Waals surface area (Å²) in [5, 5.41) is 0. The first-order valence-electron chi connectivity index (χ1n) is 10.9. The van der Waals surface area contributed by atoms with Gasteiger partial charge in [-0.15, -0.1) is 0 Å². The monoisotopic (exact) mass is 416 g/mol. The molecule has 0 bridgehead atoms. The van der Waals surface area contributed by atoms with Gasteiger partial charge < -0.3 is 9.47 Å². The fourth-order valence-electron chi connectivity index (χ4n) is 4.36. The summed E-state index contributed by atoms with van der Waals surface area (Å²) in [7, 11) is 3.27.